The molecule has 5 rings (SSSR count). The van der Waals surface area contributed by atoms with Crippen LogP contribution in [0.2, 0.25) is 5.02 Å². The molecule has 0 spiro atoms. The van der Waals surface area contributed by atoms with Gasteiger partial charge in [0.25, 0.3) is 5.91 Å². The highest BCUT2D eigenvalue weighted by molar-refractivity contribution is 7.20. The van der Waals surface area contributed by atoms with E-state index in [1.54, 1.807) is 0 Å². The molecule has 1 saturated heterocycles. The number of rotatable bonds is 5. The smallest absolute Gasteiger partial charge is 0.261 e. The first-order valence-corrected chi connectivity index (χ1v) is 12.4. The van der Waals surface area contributed by atoms with Crippen LogP contribution in [0.4, 0.5) is 5.69 Å². The molecular weight excluding hydrogens is 426 g/mol. The number of nitrogens with one attached hydrogen (secondary N) is 1. The minimum atomic E-state index is -0.0327. The maximum atomic E-state index is 12.8. The van der Waals surface area contributed by atoms with Crippen LogP contribution < -0.4 is 10.2 Å². The van der Waals surface area contributed by atoms with E-state index >= 15 is 0 Å². The number of hydrogen-bond acceptors (Lipinski definition) is 4. The number of fused-ring (bicyclic) bond motifs is 3. The van der Waals surface area contributed by atoms with Gasteiger partial charge in [0, 0.05) is 41.4 Å². The summed E-state index contributed by atoms with van der Waals surface area (Å²) in [5.74, 6) is 1.67. The Morgan fingerprint density at radius 1 is 1.19 bits per heavy atom. The van der Waals surface area contributed by atoms with Crippen LogP contribution in [-0.4, -0.2) is 30.5 Å². The molecule has 1 N–H and O–H groups in total. The molecule has 2 bridgehead atoms. The zero-order valence-electron chi connectivity index (χ0n) is 18.1. The maximum absolute atomic E-state index is 12.8. The molecule has 3 aromatic rings. The average molecular weight is 454 g/mol. The maximum Gasteiger partial charge on any atom is 0.261 e. The Hall–Kier alpha value is -2.11. The largest absolute Gasteiger partial charge is 0.371 e. The minimum absolute atomic E-state index is 0.0327. The molecule has 1 saturated carbocycles. The lowest BCUT2D eigenvalue weighted by Gasteiger charge is -2.34. The summed E-state index contributed by atoms with van der Waals surface area (Å²) in [4.78, 5) is 21.5. The number of anilines is 1. The zero-order chi connectivity index (χ0) is 21.5. The summed E-state index contributed by atoms with van der Waals surface area (Å²) in [6.07, 6.45) is 4.87. The number of piperidine rings is 1. The van der Waals surface area contributed by atoms with E-state index in [9.17, 15) is 4.79 Å². The number of carbonyl (C=O) groups is 1. The summed E-state index contributed by atoms with van der Waals surface area (Å²) in [5, 5.41) is 4.92. The van der Waals surface area contributed by atoms with Gasteiger partial charge in [-0.2, -0.15) is 0 Å². The number of pyridine rings is 1. The van der Waals surface area contributed by atoms with Crippen molar-refractivity contribution in [3.05, 3.63) is 57.1 Å². The van der Waals surface area contributed by atoms with Crippen LogP contribution in [0.25, 0.3) is 10.2 Å². The van der Waals surface area contributed by atoms with Gasteiger partial charge in [-0.25, -0.2) is 4.98 Å². The summed E-state index contributed by atoms with van der Waals surface area (Å²) in [7, 11) is 0. The second-order valence-corrected chi connectivity index (χ2v) is 10.5. The summed E-state index contributed by atoms with van der Waals surface area (Å²) >= 11 is 8.08. The Balaban J connectivity index is 1.21. The molecule has 2 unspecified atom stereocenters. The van der Waals surface area contributed by atoms with Crippen molar-refractivity contribution in [3.63, 3.8) is 0 Å². The predicted octanol–water partition coefficient (Wildman–Crippen LogP) is 5.78. The van der Waals surface area contributed by atoms with Gasteiger partial charge in [-0.15, -0.1) is 11.3 Å². The first-order valence-electron chi connectivity index (χ1n) is 11.2. The van der Waals surface area contributed by atoms with Crippen molar-refractivity contribution in [1.29, 1.82) is 0 Å². The SMILES string of the molecule is Cc1ccc2c(C)c(C(=O)NCCc3ccc(N4CC5CCC(C5)C4)cc3Cl)sc2n1. The van der Waals surface area contributed by atoms with Gasteiger partial charge in [-0.05, 0) is 86.8 Å². The molecule has 1 aliphatic carbocycles. The third-order valence-corrected chi connectivity index (χ3v) is 8.39. The number of carbonyl (C=O) groups excluding carboxylic acids is 1. The fourth-order valence-electron chi connectivity index (χ4n) is 5.15. The Labute approximate surface area is 192 Å². The van der Waals surface area contributed by atoms with E-state index in [-0.39, 0.29) is 5.91 Å². The van der Waals surface area contributed by atoms with Crippen LogP contribution in [0.5, 0.6) is 0 Å². The van der Waals surface area contributed by atoms with Gasteiger partial charge in [0.1, 0.15) is 4.83 Å². The van der Waals surface area contributed by atoms with E-state index in [4.69, 9.17) is 11.6 Å². The molecule has 1 amide bonds. The van der Waals surface area contributed by atoms with Crippen LogP contribution in [0.1, 0.15) is 45.8 Å². The normalized spacial score (nSPS) is 20.4. The van der Waals surface area contributed by atoms with Gasteiger partial charge in [0.2, 0.25) is 0 Å². The molecule has 6 heteroatoms. The van der Waals surface area contributed by atoms with E-state index in [2.05, 4.69) is 39.5 Å². The monoisotopic (exact) mass is 453 g/mol. The molecule has 0 radical (unpaired) electrons. The lowest BCUT2D eigenvalue weighted by molar-refractivity contribution is 0.0957. The molecule has 1 aromatic carbocycles. The summed E-state index contributed by atoms with van der Waals surface area (Å²) in [6, 6.07) is 10.5. The topological polar surface area (TPSA) is 45.2 Å². The quantitative estimate of drug-likeness (QED) is 0.533. The van der Waals surface area contributed by atoms with Crippen molar-refractivity contribution in [2.45, 2.75) is 39.5 Å². The molecule has 2 atom stereocenters. The number of amides is 1. The number of thiophene rings is 1. The third-order valence-electron chi connectivity index (χ3n) is 6.84. The molecule has 4 nitrogen and oxygen atoms in total. The van der Waals surface area contributed by atoms with Crippen molar-refractivity contribution < 1.29 is 4.79 Å². The zero-order valence-corrected chi connectivity index (χ0v) is 19.7. The Kier molecular flexibility index (Phi) is 5.65. The highest BCUT2D eigenvalue weighted by atomic mass is 35.5. The average Bonchev–Trinajstić information content (AvgIpc) is 3.26. The van der Waals surface area contributed by atoms with Gasteiger partial charge in [0.15, 0.2) is 0 Å². The van der Waals surface area contributed by atoms with E-state index < -0.39 is 0 Å². The highest BCUT2D eigenvalue weighted by Gasteiger charge is 2.33. The first-order chi connectivity index (χ1) is 15.0. The Bertz CT molecular complexity index is 1130. The van der Waals surface area contributed by atoms with Gasteiger partial charge in [-0.1, -0.05) is 17.7 Å². The van der Waals surface area contributed by atoms with Crippen LogP contribution >= 0.6 is 22.9 Å². The number of aromatic nitrogens is 1. The van der Waals surface area contributed by atoms with Gasteiger partial charge in [0.05, 0.1) is 4.88 Å². The molecule has 3 heterocycles. The van der Waals surface area contributed by atoms with Crippen LogP contribution in [0, 0.1) is 25.7 Å². The van der Waals surface area contributed by atoms with Gasteiger partial charge < -0.3 is 10.2 Å². The van der Waals surface area contributed by atoms with Crippen LogP contribution in [0.3, 0.4) is 0 Å². The van der Waals surface area contributed by atoms with Crippen LogP contribution in [0.15, 0.2) is 30.3 Å². The Morgan fingerprint density at radius 2 is 1.97 bits per heavy atom. The van der Waals surface area contributed by atoms with Crippen molar-refractivity contribution in [3.8, 4) is 0 Å². The second-order valence-electron chi connectivity index (χ2n) is 9.09. The summed E-state index contributed by atoms with van der Waals surface area (Å²) < 4.78 is 0. The van der Waals surface area contributed by atoms with Gasteiger partial charge in [-0.3, -0.25) is 4.79 Å². The molecule has 31 heavy (non-hydrogen) atoms. The number of benzene rings is 1. The highest BCUT2D eigenvalue weighted by Crippen LogP contribution is 2.38. The fraction of sp³-hybridized carbons (Fsp3) is 0.440. The molecule has 1 aliphatic heterocycles. The molecule has 2 aromatic heterocycles. The molecule has 162 valence electrons. The molecule has 2 fully saturated rings. The van der Waals surface area contributed by atoms with Crippen molar-refractivity contribution in [2.24, 2.45) is 11.8 Å². The number of aryl methyl sites for hydroxylation is 2. The fourth-order valence-corrected chi connectivity index (χ4v) is 6.57. The van der Waals surface area contributed by atoms with Crippen molar-refractivity contribution in [1.82, 2.24) is 10.3 Å². The number of hydrogen-bond donors (Lipinski definition) is 1. The van der Waals surface area contributed by atoms with Gasteiger partial charge >= 0.3 is 0 Å². The van der Waals surface area contributed by atoms with Crippen LogP contribution in [-0.2, 0) is 6.42 Å². The van der Waals surface area contributed by atoms with E-state index in [0.29, 0.717) is 6.54 Å². The Morgan fingerprint density at radius 3 is 2.71 bits per heavy atom. The van der Waals surface area contributed by atoms with E-state index in [1.807, 2.05) is 19.9 Å². The lowest BCUT2D eigenvalue weighted by Crippen LogP contribution is -2.36. The molecular formula is C25H28ClN3OS. The van der Waals surface area contributed by atoms with E-state index in [0.717, 1.165) is 68.3 Å². The summed E-state index contributed by atoms with van der Waals surface area (Å²) in [5.41, 5.74) is 4.29. The summed E-state index contributed by atoms with van der Waals surface area (Å²) in [6.45, 7) is 6.84. The van der Waals surface area contributed by atoms with E-state index in [1.165, 1.54) is 36.3 Å². The predicted molar refractivity (Wildman–Crippen MR) is 130 cm³/mol. The standard InChI is InChI=1S/C25H28ClN3OS/c1-15-3-8-21-16(2)23(31-25(21)28-15)24(30)27-10-9-19-6-7-20(12-22(19)26)29-13-17-4-5-18(11-17)14-29/h3,6-8,12,17-18H,4-5,9-11,13-14H2,1-2H3,(H,27,30). The minimum Gasteiger partial charge on any atom is -0.371 e. The third kappa shape index (κ3) is 4.18. The van der Waals surface area contributed by atoms with Crippen molar-refractivity contribution in [2.75, 3.05) is 24.5 Å². The lowest BCUT2D eigenvalue weighted by atomic mass is 9.98. The number of halogens is 1. The molecule has 2 aliphatic rings. The number of nitrogens with zero attached hydrogens (tertiary/aromatic N) is 2. The van der Waals surface area contributed by atoms with Crippen molar-refractivity contribution >= 4 is 44.7 Å². The second kappa shape index (κ2) is 8.44. The first kappa shape index (κ1) is 20.8.